The highest BCUT2D eigenvalue weighted by Crippen LogP contribution is 2.34. The van der Waals surface area contributed by atoms with Gasteiger partial charge in [-0.2, -0.15) is 0 Å². The molecule has 4 rings (SSSR count). The average molecular weight is 441 g/mol. The first-order valence-corrected chi connectivity index (χ1v) is 10.4. The smallest absolute Gasteiger partial charge is 0.254 e. The number of hydrogen-bond acceptors (Lipinski definition) is 4. The van der Waals surface area contributed by atoms with Gasteiger partial charge in [0, 0.05) is 46.8 Å². The van der Waals surface area contributed by atoms with Crippen LogP contribution in [0.15, 0.2) is 30.3 Å². The molecule has 0 N–H and O–H groups in total. The normalized spacial score (nSPS) is 14.8. The van der Waals surface area contributed by atoms with Crippen LogP contribution in [-0.2, 0) is 0 Å². The number of hydrogen-bond donors (Lipinski definition) is 0. The highest BCUT2D eigenvalue weighted by molar-refractivity contribution is 7.22. The molecule has 3 aromatic rings. The number of fused-ring (bicyclic) bond motifs is 1. The third kappa shape index (κ3) is 3.74. The fourth-order valence-corrected chi connectivity index (χ4v) is 4.94. The monoisotopic (exact) mass is 439 g/mol. The Balaban J connectivity index is 1.49. The van der Waals surface area contributed by atoms with Crippen LogP contribution in [0.25, 0.3) is 10.2 Å². The first-order chi connectivity index (χ1) is 12.9. The minimum Gasteiger partial charge on any atom is -0.345 e. The summed E-state index contributed by atoms with van der Waals surface area (Å²) in [4.78, 5) is 21.5. The summed E-state index contributed by atoms with van der Waals surface area (Å²) in [7, 11) is 0. The molecular weight excluding hydrogens is 425 g/mol. The first-order valence-electron chi connectivity index (χ1n) is 8.48. The molecule has 1 aromatic heterocycles. The quantitative estimate of drug-likeness (QED) is 0.526. The lowest BCUT2D eigenvalue weighted by molar-refractivity contribution is 0.0747. The fraction of sp³-hybridized carbons (Fsp3) is 0.263. The summed E-state index contributed by atoms with van der Waals surface area (Å²) in [6, 6.07) is 8.85. The number of amides is 1. The fourth-order valence-electron chi connectivity index (χ4n) is 3.18. The molecule has 0 spiro atoms. The van der Waals surface area contributed by atoms with E-state index in [9.17, 15) is 4.79 Å². The minimum atomic E-state index is -0.0500. The second kappa shape index (κ2) is 7.47. The molecular formula is C19H16Cl3N3OS. The topological polar surface area (TPSA) is 36.4 Å². The third-order valence-corrected chi connectivity index (χ3v) is 6.61. The van der Waals surface area contributed by atoms with Crippen molar-refractivity contribution in [3.63, 3.8) is 0 Å². The van der Waals surface area contributed by atoms with E-state index >= 15 is 0 Å². The molecule has 4 nitrogen and oxygen atoms in total. The van der Waals surface area contributed by atoms with Crippen molar-refractivity contribution in [1.82, 2.24) is 9.88 Å². The number of carbonyl (C=O) groups is 1. The highest BCUT2D eigenvalue weighted by Gasteiger charge is 2.24. The number of thiazole rings is 1. The third-order valence-electron chi connectivity index (χ3n) is 4.68. The van der Waals surface area contributed by atoms with Crippen LogP contribution in [0.5, 0.6) is 0 Å². The van der Waals surface area contributed by atoms with Gasteiger partial charge in [0.25, 0.3) is 5.91 Å². The van der Waals surface area contributed by atoms with Gasteiger partial charge in [-0.15, -0.1) is 0 Å². The lowest BCUT2D eigenvalue weighted by Gasteiger charge is -2.34. The molecule has 0 atom stereocenters. The standard InChI is InChI=1S/C19H16Cl3N3OS/c1-11-15(22)2-3-16-17(11)23-19(27-16)25-6-4-24(5-7-25)18(26)12-8-13(20)10-14(21)9-12/h2-3,8-10H,4-7H2,1H3. The Labute approximate surface area is 176 Å². The zero-order chi connectivity index (χ0) is 19.1. The number of aromatic nitrogens is 1. The predicted molar refractivity (Wildman–Crippen MR) is 114 cm³/mol. The van der Waals surface area contributed by atoms with Crippen LogP contribution in [0.1, 0.15) is 15.9 Å². The Bertz CT molecular complexity index is 1010. The maximum atomic E-state index is 12.7. The molecule has 1 fully saturated rings. The van der Waals surface area contributed by atoms with Crippen molar-refractivity contribution in [3.8, 4) is 0 Å². The lowest BCUT2D eigenvalue weighted by Crippen LogP contribution is -2.48. The summed E-state index contributed by atoms with van der Waals surface area (Å²) in [6.45, 7) is 4.69. The first kappa shape index (κ1) is 18.8. The molecule has 0 radical (unpaired) electrons. The summed E-state index contributed by atoms with van der Waals surface area (Å²) >= 11 is 19.9. The molecule has 1 amide bonds. The van der Waals surface area contributed by atoms with Crippen molar-refractivity contribution in [3.05, 3.63) is 56.5 Å². The van der Waals surface area contributed by atoms with Crippen LogP contribution >= 0.6 is 46.1 Å². The number of carbonyl (C=O) groups excluding carboxylic acids is 1. The second-order valence-corrected chi connectivity index (χ2v) is 8.74. The van der Waals surface area contributed by atoms with Crippen LogP contribution in [0.3, 0.4) is 0 Å². The summed E-state index contributed by atoms with van der Waals surface area (Å²) in [5.41, 5.74) is 2.48. The largest absolute Gasteiger partial charge is 0.345 e. The number of rotatable bonds is 2. The van der Waals surface area contributed by atoms with Gasteiger partial charge in [0.15, 0.2) is 5.13 Å². The Kier molecular flexibility index (Phi) is 5.21. The van der Waals surface area contributed by atoms with Gasteiger partial charge >= 0.3 is 0 Å². The Morgan fingerprint density at radius 2 is 1.70 bits per heavy atom. The van der Waals surface area contributed by atoms with Gasteiger partial charge in [-0.25, -0.2) is 4.98 Å². The maximum absolute atomic E-state index is 12.7. The van der Waals surface area contributed by atoms with Gasteiger partial charge in [-0.05, 0) is 42.8 Å². The van der Waals surface area contributed by atoms with Gasteiger partial charge < -0.3 is 9.80 Å². The van der Waals surface area contributed by atoms with E-state index in [1.54, 1.807) is 29.5 Å². The van der Waals surface area contributed by atoms with Gasteiger partial charge in [0.2, 0.25) is 0 Å². The van der Waals surface area contributed by atoms with E-state index in [0.717, 1.165) is 39.0 Å². The molecule has 0 bridgehead atoms. The maximum Gasteiger partial charge on any atom is 0.254 e. The number of piperazine rings is 1. The SMILES string of the molecule is Cc1c(Cl)ccc2sc(N3CCN(C(=O)c4cc(Cl)cc(Cl)c4)CC3)nc12. The molecule has 0 saturated carbocycles. The van der Waals surface area contributed by atoms with Crippen LogP contribution in [0.2, 0.25) is 15.1 Å². The predicted octanol–water partition coefficient (Wildman–Crippen LogP) is 5.53. The Morgan fingerprint density at radius 1 is 1.04 bits per heavy atom. The lowest BCUT2D eigenvalue weighted by atomic mass is 10.2. The van der Waals surface area contributed by atoms with Crippen molar-refractivity contribution >= 4 is 67.4 Å². The second-order valence-electron chi connectivity index (χ2n) is 6.45. The van der Waals surface area contributed by atoms with E-state index in [1.807, 2.05) is 24.0 Å². The van der Waals surface area contributed by atoms with Crippen molar-refractivity contribution in [2.24, 2.45) is 0 Å². The average Bonchev–Trinajstić information content (AvgIpc) is 3.09. The van der Waals surface area contributed by atoms with E-state index in [1.165, 1.54) is 0 Å². The molecule has 140 valence electrons. The molecule has 2 heterocycles. The molecule has 0 unspecified atom stereocenters. The van der Waals surface area contributed by atoms with Gasteiger partial charge in [0.1, 0.15) is 0 Å². The molecule has 1 saturated heterocycles. The molecule has 0 aliphatic carbocycles. The van der Waals surface area contributed by atoms with E-state index < -0.39 is 0 Å². The zero-order valence-corrected chi connectivity index (χ0v) is 17.6. The van der Waals surface area contributed by atoms with Crippen molar-refractivity contribution < 1.29 is 4.79 Å². The summed E-state index contributed by atoms with van der Waals surface area (Å²) in [5.74, 6) is -0.0500. The van der Waals surface area contributed by atoms with Crippen LogP contribution < -0.4 is 4.90 Å². The van der Waals surface area contributed by atoms with Gasteiger partial charge in [0.05, 0.1) is 10.2 Å². The van der Waals surface area contributed by atoms with E-state index in [0.29, 0.717) is 28.7 Å². The Morgan fingerprint density at radius 3 is 2.37 bits per heavy atom. The molecule has 8 heteroatoms. The van der Waals surface area contributed by atoms with E-state index in [-0.39, 0.29) is 5.91 Å². The number of aryl methyl sites for hydroxylation is 1. The number of anilines is 1. The molecule has 1 aliphatic heterocycles. The molecule has 27 heavy (non-hydrogen) atoms. The molecule has 1 aliphatic rings. The summed E-state index contributed by atoms with van der Waals surface area (Å²) in [6.07, 6.45) is 0. The van der Waals surface area contributed by atoms with E-state index in [4.69, 9.17) is 39.8 Å². The molecule has 2 aromatic carbocycles. The van der Waals surface area contributed by atoms with Crippen LogP contribution in [-0.4, -0.2) is 42.0 Å². The van der Waals surface area contributed by atoms with Gasteiger partial charge in [-0.3, -0.25) is 4.79 Å². The summed E-state index contributed by atoms with van der Waals surface area (Å²) in [5, 5.41) is 2.63. The minimum absolute atomic E-state index is 0.0500. The van der Waals surface area contributed by atoms with Gasteiger partial charge in [-0.1, -0.05) is 46.1 Å². The number of benzene rings is 2. The summed E-state index contributed by atoms with van der Waals surface area (Å²) < 4.78 is 1.12. The Hall–Kier alpha value is -1.53. The van der Waals surface area contributed by atoms with E-state index in [2.05, 4.69) is 4.90 Å². The number of nitrogens with zero attached hydrogens (tertiary/aromatic N) is 3. The highest BCUT2D eigenvalue weighted by atomic mass is 35.5. The van der Waals surface area contributed by atoms with Crippen molar-refractivity contribution in [2.75, 3.05) is 31.1 Å². The van der Waals surface area contributed by atoms with Crippen molar-refractivity contribution in [1.29, 1.82) is 0 Å². The van der Waals surface area contributed by atoms with Crippen LogP contribution in [0.4, 0.5) is 5.13 Å². The zero-order valence-electron chi connectivity index (χ0n) is 14.5. The van der Waals surface area contributed by atoms with Crippen molar-refractivity contribution in [2.45, 2.75) is 6.92 Å². The number of halogens is 3. The van der Waals surface area contributed by atoms with Crippen LogP contribution in [0, 0.1) is 6.92 Å².